The van der Waals surface area contributed by atoms with Crippen molar-refractivity contribution in [2.24, 2.45) is 5.73 Å². The fourth-order valence-corrected chi connectivity index (χ4v) is 1.93. The van der Waals surface area contributed by atoms with Crippen molar-refractivity contribution in [3.8, 4) is 0 Å². The molecule has 0 radical (unpaired) electrons. The van der Waals surface area contributed by atoms with Gasteiger partial charge in [0.15, 0.2) is 0 Å². The lowest BCUT2D eigenvalue weighted by molar-refractivity contribution is 0.0669. The van der Waals surface area contributed by atoms with Gasteiger partial charge < -0.3 is 15.4 Å². The summed E-state index contributed by atoms with van der Waals surface area (Å²) in [5.74, 6) is 0.0566. The van der Waals surface area contributed by atoms with Gasteiger partial charge in [0.25, 0.3) is 5.91 Å². The summed E-state index contributed by atoms with van der Waals surface area (Å²) in [4.78, 5) is 14.2. The molecule has 0 aliphatic heterocycles. The highest BCUT2D eigenvalue weighted by Crippen LogP contribution is 2.09. The number of hydrogen-bond donors (Lipinski definition) is 1. The Kier molecular flexibility index (Phi) is 7.15. The normalized spacial score (nSPS) is 10.5. The lowest BCUT2D eigenvalue weighted by atomic mass is 10.1. The number of carbonyl (C=O) groups is 1. The molecule has 106 valence electrons. The molecule has 2 N–H and O–H groups in total. The van der Waals surface area contributed by atoms with Crippen LogP contribution < -0.4 is 5.73 Å². The molecule has 0 spiro atoms. The van der Waals surface area contributed by atoms with E-state index in [1.165, 1.54) is 0 Å². The van der Waals surface area contributed by atoms with Crippen molar-refractivity contribution in [3.05, 3.63) is 35.4 Å². The largest absolute Gasteiger partial charge is 0.380 e. The molecule has 0 saturated heterocycles. The van der Waals surface area contributed by atoms with Crippen molar-refractivity contribution >= 4 is 5.91 Å². The van der Waals surface area contributed by atoms with Gasteiger partial charge in [0.1, 0.15) is 0 Å². The van der Waals surface area contributed by atoms with E-state index in [1.807, 2.05) is 38.1 Å². The maximum absolute atomic E-state index is 12.4. The number of likely N-dealkylation sites (N-methyl/N-ethyl adjacent to an activating group) is 1. The molecule has 19 heavy (non-hydrogen) atoms. The van der Waals surface area contributed by atoms with Crippen molar-refractivity contribution in [1.82, 2.24) is 4.90 Å². The molecule has 0 aliphatic rings. The number of ether oxygens (including phenoxy) is 1. The summed E-state index contributed by atoms with van der Waals surface area (Å²) in [5, 5.41) is 0. The van der Waals surface area contributed by atoms with Crippen LogP contribution in [0.2, 0.25) is 0 Å². The Balaban J connectivity index is 2.70. The van der Waals surface area contributed by atoms with Crippen molar-refractivity contribution in [1.29, 1.82) is 0 Å². The van der Waals surface area contributed by atoms with E-state index in [-0.39, 0.29) is 5.91 Å². The van der Waals surface area contributed by atoms with E-state index < -0.39 is 0 Å². The van der Waals surface area contributed by atoms with Gasteiger partial charge in [-0.05, 0) is 44.5 Å². The highest BCUT2D eigenvalue weighted by Gasteiger charge is 2.13. The molecular formula is C15H24N2O2. The molecule has 0 bridgehead atoms. The minimum Gasteiger partial charge on any atom is -0.380 e. The van der Waals surface area contributed by atoms with Crippen LogP contribution in [0.5, 0.6) is 0 Å². The van der Waals surface area contributed by atoms with Gasteiger partial charge in [0.05, 0.1) is 6.61 Å². The van der Waals surface area contributed by atoms with E-state index in [0.717, 1.165) is 17.5 Å². The first kappa shape index (κ1) is 15.7. The van der Waals surface area contributed by atoms with Crippen LogP contribution >= 0.6 is 0 Å². The molecule has 0 fully saturated rings. The second kappa shape index (κ2) is 8.67. The zero-order valence-electron chi connectivity index (χ0n) is 11.9. The SMILES string of the molecule is CCOCCN(CC)C(=O)c1cccc(CCN)c1. The van der Waals surface area contributed by atoms with E-state index in [4.69, 9.17) is 10.5 Å². The summed E-state index contributed by atoms with van der Waals surface area (Å²) in [6.45, 7) is 7.11. The molecule has 0 saturated carbocycles. The highest BCUT2D eigenvalue weighted by atomic mass is 16.5. The van der Waals surface area contributed by atoms with Crippen molar-refractivity contribution < 1.29 is 9.53 Å². The van der Waals surface area contributed by atoms with Gasteiger partial charge in [-0.15, -0.1) is 0 Å². The first-order chi connectivity index (χ1) is 9.22. The molecule has 0 aliphatic carbocycles. The van der Waals surface area contributed by atoms with Crippen molar-refractivity contribution in [3.63, 3.8) is 0 Å². The maximum atomic E-state index is 12.4. The fourth-order valence-electron chi connectivity index (χ4n) is 1.93. The average molecular weight is 264 g/mol. The minimum absolute atomic E-state index is 0.0566. The second-order valence-corrected chi connectivity index (χ2v) is 4.32. The Morgan fingerprint density at radius 1 is 1.37 bits per heavy atom. The van der Waals surface area contributed by atoms with Gasteiger partial charge in [0.2, 0.25) is 0 Å². The third kappa shape index (κ3) is 5.01. The van der Waals surface area contributed by atoms with Crippen LogP contribution in [0.1, 0.15) is 29.8 Å². The summed E-state index contributed by atoms with van der Waals surface area (Å²) < 4.78 is 5.30. The first-order valence-electron chi connectivity index (χ1n) is 6.88. The van der Waals surface area contributed by atoms with Gasteiger partial charge in [0, 0.05) is 25.3 Å². The molecule has 1 rings (SSSR count). The van der Waals surface area contributed by atoms with Crippen LogP contribution in [-0.2, 0) is 11.2 Å². The zero-order chi connectivity index (χ0) is 14.1. The molecule has 0 atom stereocenters. The molecule has 4 heteroatoms. The van der Waals surface area contributed by atoms with E-state index in [2.05, 4.69) is 0 Å². The number of amides is 1. The third-order valence-electron chi connectivity index (χ3n) is 2.99. The van der Waals surface area contributed by atoms with Gasteiger partial charge in [-0.3, -0.25) is 4.79 Å². The highest BCUT2D eigenvalue weighted by molar-refractivity contribution is 5.94. The van der Waals surface area contributed by atoms with E-state index >= 15 is 0 Å². The molecule has 4 nitrogen and oxygen atoms in total. The van der Waals surface area contributed by atoms with Crippen LogP contribution in [0.4, 0.5) is 0 Å². The standard InChI is InChI=1S/C15H24N2O2/c1-3-17(10-11-19-4-2)15(18)14-7-5-6-13(12-14)8-9-16/h5-7,12H,3-4,8-11,16H2,1-2H3. The molecule has 0 aromatic heterocycles. The lowest BCUT2D eigenvalue weighted by Gasteiger charge is -2.21. The number of nitrogens with zero attached hydrogens (tertiary/aromatic N) is 1. The van der Waals surface area contributed by atoms with Crippen LogP contribution in [-0.4, -0.2) is 43.7 Å². The van der Waals surface area contributed by atoms with Crippen molar-refractivity contribution in [2.75, 3.05) is 32.8 Å². The average Bonchev–Trinajstić information content (AvgIpc) is 2.44. The number of nitrogens with two attached hydrogens (primary N) is 1. The Morgan fingerprint density at radius 3 is 2.79 bits per heavy atom. The Morgan fingerprint density at radius 2 is 2.16 bits per heavy atom. The quantitative estimate of drug-likeness (QED) is 0.727. The summed E-state index contributed by atoms with van der Waals surface area (Å²) in [7, 11) is 0. The lowest BCUT2D eigenvalue weighted by Crippen LogP contribution is -2.34. The van der Waals surface area contributed by atoms with E-state index in [0.29, 0.717) is 32.8 Å². The summed E-state index contributed by atoms with van der Waals surface area (Å²) in [6, 6.07) is 7.69. The Labute approximate surface area is 115 Å². The van der Waals surface area contributed by atoms with Gasteiger partial charge in [-0.2, -0.15) is 0 Å². The van der Waals surface area contributed by atoms with Crippen molar-refractivity contribution in [2.45, 2.75) is 20.3 Å². The minimum atomic E-state index is 0.0566. The predicted octanol–water partition coefficient (Wildman–Crippen LogP) is 1.69. The zero-order valence-corrected chi connectivity index (χ0v) is 11.9. The molecular weight excluding hydrogens is 240 g/mol. The smallest absolute Gasteiger partial charge is 0.253 e. The van der Waals surface area contributed by atoms with E-state index in [9.17, 15) is 4.79 Å². The summed E-state index contributed by atoms with van der Waals surface area (Å²) >= 11 is 0. The Bertz CT molecular complexity index is 393. The second-order valence-electron chi connectivity index (χ2n) is 4.32. The summed E-state index contributed by atoms with van der Waals surface area (Å²) in [5.41, 5.74) is 7.37. The van der Waals surface area contributed by atoms with Crippen LogP contribution in [0, 0.1) is 0 Å². The number of benzene rings is 1. The number of carbonyl (C=O) groups excluding carboxylic acids is 1. The summed E-state index contributed by atoms with van der Waals surface area (Å²) in [6.07, 6.45) is 0.798. The Hall–Kier alpha value is -1.39. The van der Waals surface area contributed by atoms with Crippen LogP contribution in [0.25, 0.3) is 0 Å². The molecule has 0 unspecified atom stereocenters. The van der Waals surface area contributed by atoms with E-state index in [1.54, 1.807) is 4.90 Å². The fraction of sp³-hybridized carbons (Fsp3) is 0.533. The molecule has 0 heterocycles. The number of hydrogen-bond acceptors (Lipinski definition) is 3. The van der Waals surface area contributed by atoms with Gasteiger partial charge in [-0.1, -0.05) is 12.1 Å². The number of rotatable bonds is 8. The first-order valence-corrected chi connectivity index (χ1v) is 6.88. The maximum Gasteiger partial charge on any atom is 0.253 e. The van der Waals surface area contributed by atoms with Crippen LogP contribution in [0.3, 0.4) is 0 Å². The third-order valence-corrected chi connectivity index (χ3v) is 2.99. The topological polar surface area (TPSA) is 55.6 Å². The predicted molar refractivity (Wildman–Crippen MR) is 77.3 cm³/mol. The molecule has 1 amide bonds. The molecule has 1 aromatic rings. The molecule has 1 aromatic carbocycles. The van der Waals surface area contributed by atoms with Crippen LogP contribution in [0.15, 0.2) is 24.3 Å². The van der Waals surface area contributed by atoms with Gasteiger partial charge in [-0.25, -0.2) is 0 Å². The van der Waals surface area contributed by atoms with Gasteiger partial charge >= 0.3 is 0 Å². The monoisotopic (exact) mass is 264 g/mol.